The summed E-state index contributed by atoms with van der Waals surface area (Å²) in [6.45, 7) is 2.16. The van der Waals surface area contributed by atoms with Crippen molar-refractivity contribution in [1.82, 2.24) is 0 Å². The van der Waals surface area contributed by atoms with Crippen LogP contribution in [0.15, 0.2) is 18.2 Å². The average molecular weight is 171 g/mol. The van der Waals surface area contributed by atoms with Gasteiger partial charge in [-0.3, -0.25) is 0 Å². The summed E-state index contributed by atoms with van der Waals surface area (Å²) in [6.07, 6.45) is 0.706. The molecule has 0 saturated carbocycles. The summed E-state index contributed by atoms with van der Waals surface area (Å²) < 4.78 is 0. The molecule has 11 heavy (non-hydrogen) atoms. The van der Waals surface area contributed by atoms with Crippen LogP contribution in [0.4, 0.5) is 0 Å². The Bertz CT molecular complexity index is 245. The van der Waals surface area contributed by atoms with E-state index in [0.29, 0.717) is 6.42 Å². The molecule has 0 atom stereocenters. The van der Waals surface area contributed by atoms with E-state index in [4.69, 9.17) is 16.7 Å². The van der Waals surface area contributed by atoms with Crippen LogP contribution < -0.4 is 0 Å². The standard InChI is InChI=1S/C9H11ClO/c1-7-6-8(4-5-11)2-3-9(7)10/h2-3,6,11H,4-5H2,1H3. The highest BCUT2D eigenvalue weighted by Gasteiger charge is 1.95. The molecule has 0 unspecified atom stereocenters. The fourth-order valence-electron chi connectivity index (χ4n) is 0.991. The quantitative estimate of drug-likeness (QED) is 0.722. The van der Waals surface area contributed by atoms with E-state index in [-0.39, 0.29) is 6.61 Å². The Hall–Kier alpha value is -0.530. The lowest BCUT2D eigenvalue weighted by molar-refractivity contribution is 0.299. The van der Waals surface area contributed by atoms with E-state index in [1.54, 1.807) is 0 Å². The minimum Gasteiger partial charge on any atom is -0.396 e. The highest BCUT2D eigenvalue weighted by molar-refractivity contribution is 6.31. The average Bonchev–Trinajstić information content (AvgIpc) is 1.98. The molecule has 1 rings (SSSR count). The maximum Gasteiger partial charge on any atom is 0.0471 e. The minimum atomic E-state index is 0.196. The first kappa shape index (κ1) is 8.57. The molecule has 0 aliphatic carbocycles. The molecular weight excluding hydrogens is 160 g/mol. The molecule has 0 heterocycles. The van der Waals surface area contributed by atoms with E-state index in [0.717, 1.165) is 16.1 Å². The van der Waals surface area contributed by atoms with Gasteiger partial charge < -0.3 is 5.11 Å². The van der Waals surface area contributed by atoms with Crippen molar-refractivity contribution < 1.29 is 5.11 Å². The van der Waals surface area contributed by atoms with Gasteiger partial charge in [0.1, 0.15) is 0 Å². The number of aliphatic hydroxyl groups is 1. The molecule has 0 saturated heterocycles. The number of hydrogen-bond donors (Lipinski definition) is 1. The van der Waals surface area contributed by atoms with Gasteiger partial charge in [0.15, 0.2) is 0 Å². The number of rotatable bonds is 2. The van der Waals surface area contributed by atoms with Gasteiger partial charge in [0.05, 0.1) is 0 Å². The van der Waals surface area contributed by atoms with Crippen LogP contribution in [0.1, 0.15) is 11.1 Å². The van der Waals surface area contributed by atoms with Crippen LogP contribution in [-0.4, -0.2) is 11.7 Å². The molecule has 0 aliphatic heterocycles. The summed E-state index contributed by atoms with van der Waals surface area (Å²) in [5.74, 6) is 0. The minimum absolute atomic E-state index is 0.196. The second-order valence-electron chi connectivity index (χ2n) is 2.56. The zero-order chi connectivity index (χ0) is 8.27. The first-order valence-electron chi connectivity index (χ1n) is 3.60. The molecule has 0 aliphatic rings. The van der Waals surface area contributed by atoms with Gasteiger partial charge in [-0.05, 0) is 30.5 Å². The third kappa shape index (κ3) is 2.21. The SMILES string of the molecule is Cc1cc(CCO)ccc1Cl. The summed E-state index contributed by atoms with van der Waals surface area (Å²) >= 11 is 5.82. The molecule has 60 valence electrons. The van der Waals surface area contributed by atoms with E-state index in [1.165, 1.54) is 0 Å². The lowest BCUT2D eigenvalue weighted by Crippen LogP contribution is -1.90. The Morgan fingerprint density at radius 2 is 2.18 bits per heavy atom. The fraction of sp³-hybridized carbons (Fsp3) is 0.333. The molecule has 0 spiro atoms. The number of aliphatic hydroxyl groups excluding tert-OH is 1. The van der Waals surface area contributed by atoms with Gasteiger partial charge in [-0.2, -0.15) is 0 Å². The summed E-state index contributed by atoms with van der Waals surface area (Å²) in [6, 6.07) is 5.80. The monoisotopic (exact) mass is 170 g/mol. The molecule has 2 heteroatoms. The van der Waals surface area contributed by atoms with Crippen molar-refractivity contribution in [1.29, 1.82) is 0 Å². The smallest absolute Gasteiger partial charge is 0.0471 e. The lowest BCUT2D eigenvalue weighted by Gasteiger charge is -2.01. The van der Waals surface area contributed by atoms with Gasteiger partial charge >= 0.3 is 0 Å². The van der Waals surface area contributed by atoms with Crippen LogP contribution in [0.5, 0.6) is 0 Å². The van der Waals surface area contributed by atoms with E-state index in [1.807, 2.05) is 25.1 Å². The Labute approximate surface area is 71.6 Å². The summed E-state index contributed by atoms with van der Waals surface area (Å²) in [4.78, 5) is 0. The van der Waals surface area contributed by atoms with Gasteiger partial charge in [0.25, 0.3) is 0 Å². The summed E-state index contributed by atoms with van der Waals surface area (Å²) in [5, 5.41) is 9.43. The first-order chi connectivity index (χ1) is 5.24. The second-order valence-corrected chi connectivity index (χ2v) is 2.96. The Balaban J connectivity index is 2.86. The van der Waals surface area contributed by atoms with Crippen LogP contribution >= 0.6 is 11.6 Å². The van der Waals surface area contributed by atoms with E-state index < -0.39 is 0 Å². The largest absolute Gasteiger partial charge is 0.396 e. The molecule has 1 aromatic rings. The predicted octanol–water partition coefficient (Wildman–Crippen LogP) is 2.18. The highest BCUT2D eigenvalue weighted by atomic mass is 35.5. The maximum atomic E-state index is 8.65. The van der Waals surface area contributed by atoms with Gasteiger partial charge in [-0.1, -0.05) is 23.7 Å². The van der Waals surface area contributed by atoms with Crippen molar-refractivity contribution >= 4 is 11.6 Å². The zero-order valence-corrected chi connectivity index (χ0v) is 7.23. The lowest BCUT2D eigenvalue weighted by atomic mass is 10.1. The molecule has 0 bridgehead atoms. The normalized spacial score (nSPS) is 10.1. The summed E-state index contributed by atoms with van der Waals surface area (Å²) in [5.41, 5.74) is 2.20. The second kappa shape index (κ2) is 3.74. The molecule has 0 fully saturated rings. The van der Waals surface area contributed by atoms with E-state index in [2.05, 4.69) is 0 Å². The highest BCUT2D eigenvalue weighted by Crippen LogP contribution is 2.16. The molecular formula is C9H11ClO. The van der Waals surface area contributed by atoms with Gasteiger partial charge in [-0.25, -0.2) is 0 Å². The van der Waals surface area contributed by atoms with Crippen LogP contribution in [-0.2, 0) is 6.42 Å². The topological polar surface area (TPSA) is 20.2 Å². The van der Waals surface area contributed by atoms with Gasteiger partial charge in [0.2, 0.25) is 0 Å². The predicted molar refractivity (Wildman–Crippen MR) is 47.0 cm³/mol. The zero-order valence-electron chi connectivity index (χ0n) is 6.47. The van der Waals surface area contributed by atoms with Crippen molar-refractivity contribution in [2.45, 2.75) is 13.3 Å². The van der Waals surface area contributed by atoms with Crippen molar-refractivity contribution in [2.24, 2.45) is 0 Å². The van der Waals surface area contributed by atoms with E-state index in [9.17, 15) is 0 Å². The van der Waals surface area contributed by atoms with Gasteiger partial charge in [-0.15, -0.1) is 0 Å². The summed E-state index contributed by atoms with van der Waals surface area (Å²) in [7, 11) is 0. The first-order valence-corrected chi connectivity index (χ1v) is 3.97. The number of hydrogen-bond acceptors (Lipinski definition) is 1. The van der Waals surface area contributed by atoms with E-state index >= 15 is 0 Å². The third-order valence-electron chi connectivity index (χ3n) is 1.62. The van der Waals surface area contributed by atoms with Crippen molar-refractivity contribution in [3.63, 3.8) is 0 Å². The number of halogens is 1. The van der Waals surface area contributed by atoms with Crippen LogP contribution in [0.3, 0.4) is 0 Å². The van der Waals surface area contributed by atoms with Crippen molar-refractivity contribution in [2.75, 3.05) is 6.61 Å². The number of benzene rings is 1. The molecule has 0 amide bonds. The van der Waals surface area contributed by atoms with Crippen LogP contribution in [0, 0.1) is 6.92 Å². The Kier molecular flexibility index (Phi) is 2.92. The third-order valence-corrected chi connectivity index (χ3v) is 2.05. The molecule has 0 radical (unpaired) electrons. The molecule has 1 nitrogen and oxygen atoms in total. The van der Waals surface area contributed by atoms with Crippen LogP contribution in [0.2, 0.25) is 5.02 Å². The fourth-order valence-corrected chi connectivity index (χ4v) is 1.11. The number of aryl methyl sites for hydroxylation is 1. The molecule has 1 N–H and O–H groups in total. The van der Waals surface area contributed by atoms with Crippen LogP contribution in [0.25, 0.3) is 0 Å². The van der Waals surface area contributed by atoms with Crippen molar-refractivity contribution in [3.05, 3.63) is 34.3 Å². The van der Waals surface area contributed by atoms with Crippen molar-refractivity contribution in [3.8, 4) is 0 Å². The Morgan fingerprint density at radius 1 is 1.45 bits per heavy atom. The molecule has 0 aromatic heterocycles. The maximum absolute atomic E-state index is 8.65. The van der Waals surface area contributed by atoms with Gasteiger partial charge in [0, 0.05) is 11.6 Å². The molecule has 1 aromatic carbocycles. The Morgan fingerprint density at radius 3 is 2.73 bits per heavy atom.